The molecular formula is C16H23N3O3S. The topological polar surface area (TPSA) is 75.9 Å². The molecule has 2 amide bonds. The van der Waals surface area contributed by atoms with E-state index in [0.717, 1.165) is 64.7 Å². The average Bonchev–Trinajstić information content (AvgIpc) is 3.06. The second kappa shape index (κ2) is 7.42. The number of carbonyl (C=O) groups is 2. The Labute approximate surface area is 140 Å². The number of nitrogens with two attached hydrogens (primary N) is 1. The normalized spacial score (nSPS) is 20.6. The van der Waals surface area contributed by atoms with Gasteiger partial charge >= 0.3 is 0 Å². The van der Waals surface area contributed by atoms with Crippen molar-refractivity contribution in [3.63, 3.8) is 0 Å². The summed E-state index contributed by atoms with van der Waals surface area (Å²) in [6, 6.07) is 3.32. The van der Waals surface area contributed by atoms with Crippen LogP contribution in [0.25, 0.3) is 0 Å². The molecule has 126 valence electrons. The first kappa shape index (κ1) is 16.4. The van der Waals surface area contributed by atoms with Crippen LogP contribution in [-0.2, 0) is 4.74 Å². The third kappa shape index (κ3) is 4.10. The van der Waals surface area contributed by atoms with Crippen LogP contribution in [0.2, 0.25) is 0 Å². The van der Waals surface area contributed by atoms with Gasteiger partial charge in [-0.3, -0.25) is 14.5 Å². The lowest BCUT2D eigenvalue weighted by Crippen LogP contribution is -2.50. The first-order chi connectivity index (χ1) is 11.1. The summed E-state index contributed by atoms with van der Waals surface area (Å²) in [6.45, 7) is 6.18. The summed E-state index contributed by atoms with van der Waals surface area (Å²) in [4.78, 5) is 29.0. The van der Waals surface area contributed by atoms with E-state index in [4.69, 9.17) is 10.5 Å². The van der Waals surface area contributed by atoms with Crippen LogP contribution < -0.4 is 5.73 Å². The summed E-state index contributed by atoms with van der Waals surface area (Å²) < 4.78 is 5.40. The van der Waals surface area contributed by atoms with Crippen molar-refractivity contribution in [1.82, 2.24) is 9.80 Å². The Balaban J connectivity index is 1.49. The first-order valence-corrected chi connectivity index (χ1v) is 8.94. The summed E-state index contributed by atoms with van der Waals surface area (Å²) in [6.07, 6.45) is 2.29. The van der Waals surface area contributed by atoms with Gasteiger partial charge in [-0.2, -0.15) is 0 Å². The maximum atomic E-state index is 12.5. The molecule has 0 atom stereocenters. The van der Waals surface area contributed by atoms with Gasteiger partial charge in [0.25, 0.3) is 11.8 Å². The van der Waals surface area contributed by atoms with Crippen LogP contribution in [-0.4, -0.2) is 67.6 Å². The maximum absolute atomic E-state index is 12.5. The number of nitrogens with zero attached hydrogens (tertiary/aromatic N) is 2. The van der Waals surface area contributed by atoms with Gasteiger partial charge in [-0.25, -0.2) is 0 Å². The lowest BCUT2D eigenvalue weighted by molar-refractivity contribution is 0.0394. The highest BCUT2D eigenvalue weighted by Crippen LogP contribution is 2.20. The highest BCUT2D eigenvalue weighted by molar-refractivity contribution is 7.15. The van der Waals surface area contributed by atoms with Crippen molar-refractivity contribution in [2.75, 3.05) is 45.9 Å². The molecule has 23 heavy (non-hydrogen) atoms. The molecule has 0 aliphatic carbocycles. The number of amides is 2. The molecule has 7 heteroatoms. The maximum Gasteiger partial charge on any atom is 0.264 e. The highest BCUT2D eigenvalue weighted by Gasteiger charge is 2.25. The Bertz CT molecular complexity index is 561. The Morgan fingerprint density at radius 3 is 2.39 bits per heavy atom. The molecule has 6 nitrogen and oxygen atoms in total. The second-order valence-electron chi connectivity index (χ2n) is 6.18. The summed E-state index contributed by atoms with van der Waals surface area (Å²) in [5, 5.41) is 0. The lowest BCUT2D eigenvalue weighted by Gasteiger charge is -2.37. The van der Waals surface area contributed by atoms with Gasteiger partial charge < -0.3 is 15.4 Å². The molecule has 2 fully saturated rings. The molecule has 1 aromatic heterocycles. The zero-order valence-electron chi connectivity index (χ0n) is 13.2. The van der Waals surface area contributed by atoms with Crippen molar-refractivity contribution in [2.45, 2.75) is 12.8 Å². The summed E-state index contributed by atoms with van der Waals surface area (Å²) >= 11 is 1.18. The molecule has 1 aromatic rings. The smallest absolute Gasteiger partial charge is 0.264 e. The Kier molecular flexibility index (Phi) is 5.30. The molecule has 0 radical (unpaired) electrons. The third-order valence-corrected chi connectivity index (χ3v) is 5.66. The van der Waals surface area contributed by atoms with Gasteiger partial charge in [0.2, 0.25) is 0 Å². The standard InChI is InChI=1S/C16H23N3O3S/c17-15(20)13-1-2-14(23-13)16(21)19-7-5-18(6-8-19)11-12-3-9-22-10-4-12/h1-2,12H,3-11H2,(H2,17,20). The fourth-order valence-corrected chi connectivity index (χ4v) is 3.99. The molecule has 2 aliphatic heterocycles. The molecule has 0 unspecified atom stereocenters. The van der Waals surface area contributed by atoms with Gasteiger partial charge in [0, 0.05) is 45.9 Å². The molecule has 0 bridgehead atoms. The van der Waals surface area contributed by atoms with E-state index in [2.05, 4.69) is 4.90 Å². The highest BCUT2D eigenvalue weighted by atomic mass is 32.1. The fourth-order valence-electron chi connectivity index (χ4n) is 3.17. The van der Waals surface area contributed by atoms with Crippen molar-refractivity contribution in [2.24, 2.45) is 11.7 Å². The third-order valence-electron chi connectivity index (χ3n) is 4.58. The first-order valence-electron chi connectivity index (χ1n) is 8.12. The van der Waals surface area contributed by atoms with Crippen LogP contribution in [0.15, 0.2) is 12.1 Å². The van der Waals surface area contributed by atoms with E-state index in [9.17, 15) is 9.59 Å². The number of carbonyl (C=O) groups excluding carboxylic acids is 2. The predicted molar refractivity (Wildman–Crippen MR) is 88.7 cm³/mol. The molecule has 3 rings (SSSR count). The van der Waals surface area contributed by atoms with E-state index in [0.29, 0.717) is 9.75 Å². The van der Waals surface area contributed by atoms with Crippen molar-refractivity contribution in [3.8, 4) is 0 Å². The number of piperazine rings is 1. The summed E-state index contributed by atoms with van der Waals surface area (Å²) in [5.41, 5.74) is 5.24. The van der Waals surface area contributed by atoms with Crippen LogP contribution in [0.3, 0.4) is 0 Å². The van der Waals surface area contributed by atoms with Gasteiger partial charge in [-0.1, -0.05) is 0 Å². The molecule has 2 aliphatic rings. The molecule has 0 aromatic carbocycles. The van der Waals surface area contributed by atoms with Gasteiger partial charge in [0.1, 0.15) is 0 Å². The Morgan fingerprint density at radius 2 is 1.78 bits per heavy atom. The van der Waals surface area contributed by atoms with Crippen molar-refractivity contribution < 1.29 is 14.3 Å². The molecule has 2 saturated heterocycles. The fraction of sp³-hybridized carbons (Fsp3) is 0.625. The molecule has 3 heterocycles. The molecule has 0 spiro atoms. The van der Waals surface area contributed by atoms with E-state index in [1.165, 1.54) is 11.3 Å². The number of primary amides is 1. The van der Waals surface area contributed by atoms with Crippen LogP contribution in [0, 0.1) is 5.92 Å². The Hall–Kier alpha value is -1.44. The van der Waals surface area contributed by atoms with E-state index < -0.39 is 5.91 Å². The van der Waals surface area contributed by atoms with Crippen LogP contribution in [0.1, 0.15) is 32.2 Å². The van der Waals surface area contributed by atoms with Crippen molar-refractivity contribution >= 4 is 23.2 Å². The zero-order valence-corrected chi connectivity index (χ0v) is 14.0. The van der Waals surface area contributed by atoms with Crippen molar-refractivity contribution in [1.29, 1.82) is 0 Å². The average molecular weight is 337 g/mol. The van der Waals surface area contributed by atoms with E-state index >= 15 is 0 Å². The molecule has 2 N–H and O–H groups in total. The van der Waals surface area contributed by atoms with E-state index in [1.807, 2.05) is 4.90 Å². The minimum absolute atomic E-state index is 0.00761. The number of thiophene rings is 1. The number of hydrogen-bond acceptors (Lipinski definition) is 5. The quantitative estimate of drug-likeness (QED) is 0.890. The molecule has 0 saturated carbocycles. The van der Waals surface area contributed by atoms with E-state index in [-0.39, 0.29) is 5.91 Å². The van der Waals surface area contributed by atoms with Crippen LogP contribution >= 0.6 is 11.3 Å². The SMILES string of the molecule is NC(=O)c1ccc(C(=O)N2CCN(CC3CCOCC3)CC2)s1. The van der Waals surface area contributed by atoms with Crippen LogP contribution in [0.5, 0.6) is 0 Å². The summed E-state index contributed by atoms with van der Waals surface area (Å²) in [7, 11) is 0. The van der Waals surface area contributed by atoms with Crippen molar-refractivity contribution in [3.05, 3.63) is 21.9 Å². The monoisotopic (exact) mass is 337 g/mol. The largest absolute Gasteiger partial charge is 0.381 e. The lowest BCUT2D eigenvalue weighted by atomic mass is 9.99. The van der Waals surface area contributed by atoms with Crippen LogP contribution in [0.4, 0.5) is 0 Å². The second-order valence-corrected chi connectivity index (χ2v) is 7.26. The summed E-state index contributed by atoms with van der Waals surface area (Å²) in [5.74, 6) is 0.255. The van der Waals surface area contributed by atoms with Gasteiger partial charge in [-0.05, 0) is 30.9 Å². The Morgan fingerprint density at radius 1 is 1.13 bits per heavy atom. The van der Waals surface area contributed by atoms with E-state index in [1.54, 1.807) is 12.1 Å². The molecular weight excluding hydrogens is 314 g/mol. The zero-order chi connectivity index (χ0) is 16.2. The number of hydrogen-bond donors (Lipinski definition) is 1. The number of rotatable bonds is 4. The van der Waals surface area contributed by atoms with Gasteiger partial charge in [0.15, 0.2) is 0 Å². The number of ether oxygens (including phenoxy) is 1. The minimum atomic E-state index is -0.477. The minimum Gasteiger partial charge on any atom is -0.381 e. The van der Waals surface area contributed by atoms with Gasteiger partial charge in [-0.15, -0.1) is 11.3 Å². The van der Waals surface area contributed by atoms with Gasteiger partial charge in [0.05, 0.1) is 9.75 Å². The predicted octanol–water partition coefficient (Wildman–Crippen LogP) is 1.03.